The Morgan fingerprint density at radius 3 is 2.46 bits per heavy atom. The number of carbonyl (C=O) groups is 2. The summed E-state index contributed by atoms with van der Waals surface area (Å²) in [6, 6.07) is 22.7. The van der Waals surface area contributed by atoms with Gasteiger partial charge in [-0.2, -0.15) is 5.10 Å². The Bertz CT molecular complexity index is 1280. The van der Waals surface area contributed by atoms with Crippen molar-refractivity contribution in [2.45, 2.75) is 31.8 Å². The number of carbonyl (C=O) groups excluding carboxylic acids is 2. The fourth-order valence-electron chi connectivity index (χ4n) is 4.64. The number of piperidine rings is 1. The van der Waals surface area contributed by atoms with Crippen LogP contribution in [0.2, 0.25) is 0 Å². The Kier molecular flexibility index (Phi) is 6.48. The zero-order chi connectivity index (χ0) is 24.2. The minimum atomic E-state index is -0.504. The van der Waals surface area contributed by atoms with Crippen molar-refractivity contribution in [3.8, 4) is 16.9 Å². The van der Waals surface area contributed by atoms with Gasteiger partial charge in [0.15, 0.2) is 5.76 Å². The van der Waals surface area contributed by atoms with Crippen LogP contribution in [0.15, 0.2) is 89.7 Å². The van der Waals surface area contributed by atoms with Crippen molar-refractivity contribution in [1.82, 2.24) is 19.6 Å². The Morgan fingerprint density at radius 1 is 1.00 bits per heavy atom. The molecule has 2 aromatic carbocycles. The van der Waals surface area contributed by atoms with Gasteiger partial charge < -0.3 is 14.2 Å². The van der Waals surface area contributed by atoms with Gasteiger partial charge in [0.2, 0.25) is 5.91 Å². The number of para-hydroxylation sites is 1. The lowest BCUT2D eigenvalue weighted by Crippen LogP contribution is -2.52. The second kappa shape index (κ2) is 10.0. The first kappa shape index (κ1) is 22.7. The molecule has 3 heterocycles. The van der Waals surface area contributed by atoms with Gasteiger partial charge in [-0.3, -0.25) is 9.59 Å². The molecule has 1 aliphatic rings. The van der Waals surface area contributed by atoms with E-state index in [1.807, 2.05) is 71.5 Å². The number of amides is 2. The molecule has 2 aromatic heterocycles. The number of likely N-dealkylation sites (N-methyl/N-ethyl adjacent to an activating group) is 1. The zero-order valence-electron chi connectivity index (χ0n) is 19.7. The molecule has 0 aliphatic carbocycles. The molecule has 0 bridgehead atoms. The van der Waals surface area contributed by atoms with Gasteiger partial charge in [0.05, 0.1) is 17.6 Å². The summed E-state index contributed by atoms with van der Waals surface area (Å²) in [6.45, 7) is 0.931. The SMILES string of the molecule is CN(Cc1cn(-c2ccccc2)nc1-c1ccccc1)C(=O)C1CCCCN1C(=O)c1ccco1. The lowest BCUT2D eigenvalue weighted by molar-refractivity contribution is -0.136. The minimum Gasteiger partial charge on any atom is -0.459 e. The first-order valence-electron chi connectivity index (χ1n) is 11.9. The molecule has 0 radical (unpaired) electrons. The molecule has 7 heteroatoms. The maximum Gasteiger partial charge on any atom is 0.290 e. The lowest BCUT2D eigenvalue weighted by atomic mass is 10.00. The van der Waals surface area contributed by atoms with E-state index in [9.17, 15) is 9.59 Å². The number of likely N-dealkylation sites (tertiary alicyclic amines) is 1. The maximum atomic E-state index is 13.6. The van der Waals surface area contributed by atoms with Gasteiger partial charge in [-0.05, 0) is 43.5 Å². The summed E-state index contributed by atoms with van der Waals surface area (Å²) < 4.78 is 7.17. The van der Waals surface area contributed by atoms with E-state index in [2.05, 4.69) is 0 Å². The molecule has 0 spiro atoms. The Morgan fingerprint density at radius 2 is 1.74 bits per heavy atom. The number of benzene rings is 2. The molecule has 5 rings (SSSR count). The molecule has 2 amide bonds. The molecule has 1 fully saturated rings. The van der Waals surface area contributed by atoms with Gasteiger partial charge in [0.1, 0.15) is 6.04 Å². The molecule has 178 valence electrons. The predicted molar refractivity (Wildman–Crippen MR) is 133 cm³/mol. The largest absolute Gasteiger partial charge is 0.459 e. The fourth-order valence-corrected chi connectivity index (χ4v) is 4.64. The molecule has 0 N–H and O–H groups in total. The van der Waals surface area contributed by atoms with Crippen molar-refractivity contribution in [1.29, 1.82) is 0 Å². The molecule has 4 aromatic rings. The van der Waals surface area contributed by atoms with Crippen molar-refractivity contribution in [2.24, 2.45) is 0 Å². The average molecular weight is 469 g/mol. The van der Waals surface area contributed by atoms with E-state index in [1.54, 1.807) is 29.0 Å². The van der Waals surface area contributed by atoms with Crippen LogP contribution in [-0.4, -0.2) is 51.0 Å². The van der Waals surface area contributed by atoms with Crippen LogP contribution in [0.4, 0.5) is 0 Å². The number of nitrogens with zero attached hydrogens (tertiary/aromatic N) is 4. The summed E-state index contributed by atoms with van der Waals surface area (Å²) in [6.07, 6.45) is 5.89. The van der Waals surface area contributed by atoms with Crippen molar-refractivity contribution >= 4 is 11.8 Å². The van der Waals surface area contributed by atoms with Crippen molar-refractivity contribution in [3.63, 3.8) is 0 Å². The highest BCUT2D eigenvalue weighted by Crippen LogP contribution is 2.26. The third-order valence-electron chi connectivity index (χ3n) is 6.42. The van der Waals surface area contributed by atoms with E-state index in [4.69, 9.17) is 9.52 Å². The molecule has 1 atom stereocenters. The van der Waals surface area contributed by atoms with Crippen molar-refractivity contribution in [2.75, 3.05) is 13.6 Å². The van der Waals surface area contributed by atoms with E-state index < -0.39 is 6.04 Å². The van der Waals surface area contributed by atoms with Crippen LogP contribution in [-0.2, 0) is 11.3 Å². The monoisotopic (exact) mass is 468 g/mol. The number of hydrogen-bond donors (Lipinski definition) is 0. The zero-order valence-corrected chi connectivity index (χ0v) is 19.7. The fraction of sp³-hybridized carbons (Fsp3) is 0.250. The van der Waals surface area contributed by atoms with Crippen LogP contribution < -0.4 is 0 Å². The van der Waals surface area contributed by atoms with E-state index in [0.29, 0.717) is 19.5 Å². The van der Waals surface area contributed by atoms with Gasteiger partial charge >= 0.3 is 0 Å². The molecule has 1 aliphatic heterocycles. The molecule has 1 unspecified atom stereocenters. The molecular formula is C28H28N4O3. The summed E-state index contributed by atoms with van der Waals surface area (Å²) in [5.74, 6) is -0.0396. The van der Waals surface area contributed by atoms with E-state index in [0.717, 1.165) is 35.3 Å². The van der Waals surface area contributed by atoms with Crippen LogP contribution in [0.25, 0.3) is 16.9 Å². The standard InChI is InChI=1S/C28H28N4O3/c1-30(27(33)24-15-8-9-17-31(24)28(34)25-16-10-18-35-25)19-22-20-32(23-13-6-3-7-14-23)29-26(22)21-11-4-2-5-12-21/h2-7,10-14,16,18,20,24H,8-9,15,17,19H2,1H3. The second-order valence-corrected chi connectivity index (χ2v) is 8.83. The number of furan rings is 1. The number of rotatable bonds is 6. The number of aromatic nitrogens is 2. The van der Waals surface area contributed by atoms with Gasteiger partial charge in [-0.15, -0.1) is 0 Å². The maximum absolute atomic E-state index is 13.6. The second-order valence-electron chi connectivity index (χ2n) is 8.83. The molecule has 0 saturated carbocycles. The Hall–Kier alpha value is -4.13. The quantitative estimate of drug-likeness (QED) is 0.408. The first-order chi connectivity index (χ1) is 17.1. The smallest absolute Gasteiger partial charge is 0.290 e. The minimum absolute atomic E-state index is 0.0731. The third-order valence-corrected chi connectivity index (χ3v) is 6.42. The van der Waals surface area contributed by atoms with Crippen LogP contribution in [0.3, 0.4) is 0 Å². The highest BCUT2D eigenvalue weighted by molar-refractivity contribution is 5.95. The molecule has 7 nitrogen and oxygen atoms in total. The van der Waals surface area contributed by atoms with Crippen LogP contribution >= 0.6 is 0 Å². The highest BCUT2D eigenvalue weighted by Gasteiger charge is 2.35. The van der Waals surface area contributed by atoms with Crippen LogP contribution in [0.5, 0.6) is 0 Å². The molecule has 35 heavy (non-hydrogen) atoms. The summed E-state index contributed by atoms with van der Waals surface area (Å²) in [5, 5.41) is 4.85. The summed E-state index contributed by atoms with van der Waals surface area (Å²) in [5.41, 5.74) is 3.72. The van der Waals surface area contributed by atoms with Crippen LogP contribution in [0.1, 0.15) is 35.4 Å². The van der Waals surface area contributed by atoms with E-state index >= 15 is 0 Å². The van der Waals surface area contributed by atoms with Crippen molar-refractivity contribution < 1.29 is 14.0 Å². The van der Waals surface area contributed by atoms with Crippen LogP contribution in [0, 0.1) is 0 Å². The summed E-state index contributed by atoms with van der Waals surface area (Å²) in [7, 11) is 1.79. The first-order valence-corrected chi connectivity index (χ1v) is 11.9. The van der Waals surface area contributed by atoms with Gasteiger partial charge in [0.25, 0.3) is 5.91 Å². The molecular weight excluding hydrogens is 440 g/mol. The van der Waals surface area contributed by atoms with Gasteiger partial charge in [-0.25, -0.2) is 4.68 Å². The number of hydrogen-bond acceptors (Lipinski definition) is 4. The predicted octanol–water partition coefficient (Wildman–Crippen LogP) is 4.79. The van der Waals surface area contributed by atoms with E-state index in [1.165, 1.54) is 6.26 Å². The van der Waals surface area contributed by atoms with E-state index in [-0.39, 0.29) is 17.6 Å². The topological polar surface area (TPSA) is 71.6 Å². The summed E-state index contributed by atoms with van der Waals surface area (Å²) in [4.78, 5) is 30.0. The third kappa shape index (κ3) is 4.75. The van der Waals surface area contributed by atoms with Gasteiger partial charge in [0, 0.05) is 37.5 Å². The highest BCUT2D eigenvalue weighted by atomic mass is 16.3. The average Bonchev–Trinajstić information content (AvgIpc) is 3.60. The Labute approximate surface area is 204 Å². The molecule has 1 saturated heterocycles. The summed E-state index contributed by atoms with van der Waals surface area (Å²) >= 11 is 0. The van der Waals surface area contributed by atoms with Crippen molar-refractivity contribution in [3.05, 3.63) is 96.6 Å². The normalized spacial score (nSPS) is 15.7. The Balaban J connectivity index is 1.41. The lowest BCUT2D eigenvalue weighted by Gasteiger charge is -2.36. The van der Waals surface area contributed by atoms with Gasteiger partial charge in [-0.1, -0.05) is 48.5 Å².